The van der Waals surface area contributed by atoms with Gasteiger partial charge in [-0.3, -0.25) is 9.59 Å². The molecule has 0 spiro atoms. The van der Waals surface area contributed by atoms with Crippen LogP contribution in [0.15, 0.2) is 12.1 Å². The Morgan fingerprint density at radius 1 is 0.966 bits per heavy atom. The number of unbranched alkanes of at least 4 members (excludes halogenated alkanes) is 3. The van der Waals surface area contributed by atoms with Gasteiger partial charge in [-0.2, -0.15) is 0 Å². The summed E-state index contributed by atoms with van der Waals surface area (Å²) in [4.78, 5) is 22.5. The Bertz CT molecular complexity index is 729. The first-order valence-corrected chi connectivity index (χ1v) is 11.1. The van der Waals surface area contributed by atoms with Crippen molar-refractivity contribution in [2.75, 3.05) is 0 Å². The first-order chi connectivity index (χ1) is 13.6. The summed E-state index contributed by atoms with van der Waals surface area (Å²) < 4.78 is 0. The molecule has 0 aromatic heterocycles. The Hall–Kier alpha value is -1.84. The maximum Gasteiger partial charge on any atom is 0.309 e. The summed E-state index contributed by atoms with van der Waals surface area (Å²) in [6.07, 6.45) is 10.4. The van der Waals surface area contributed by atoms with Crippen molar-refractivity contribution in [2.45, 2.75) is 98.3 Å². The second-order valence-corrected chi connectivity index (χ2v) is 9.69. The second kappa shape index (κ2) is 9.77. The summed E-state index contributed by atoms with van der Waals surface area (Å²) in [5.74, 6) is -1.33. The van der Waals surface area contributed by atoms with Crippen molar-refractivity contribution in [1.82, 2.24) is 0 Å². The predicted octanol–water partition coefficient (Wildman–Crippen LogP) is 6.09. The van der Waals surface area contributed by atoms with Crippen molar-refractivity contribution >= 4 is 11.9 Å². The molecule has 2 rings (SSSR count). The highest BCUT2D eigenvalue weighted by atomic mass is 16.4. The predicted molar refractivity (Wildman–Crippen MR) is 116 cm³/mol. The van der Waals surface area contributed by atoms with Crippen LogP contribution < -0.4 is 0 Å². The maximum atomic E-state index is 11.3. The van der Waals surface area contributed by atoms with Crippen LogP contribution in [0, 0.1) is 24.7 Å². The molecule has 1 saturated carbocycles. The number of hydrogen-bond acceptors (Lipinski definition) is 2. The molecule has 1 fully saturated rings. The fraction of sp³-hybridized carbons (Fsp3) is 0.680. The Balaban J connectivity index is 1.80. The minimum absolute atomic E-state index is 0.400. The highest BCUT2D eigenvalue weighted by Gasteiger charge is 2.49. The van der Waals surface area contributed by atoms with Crippen molar-refractivity contribution in [3.05, 3.63) is 34.4 Å². The molecular formula is C25H38O4. The van der Waals surface area contributed by atoms with Gasteiger partial charge in [-0.15, -0.1) is 0 Å². The van der Waals surface area contributed by atoms with Crippen LogP contribution in [-0.2, 0) is 22.4 Å². The van der Waals surface area contributed by atoms with Crippen molar-refractivity contribution in [3.8, 4) is 0 Å². The van der Waals surface area contributed by atoms with Crippen LogP contribution >= 0.6 is 0 Å². The first-order valence-electron chi connectivity index (χ1n) is 11.1. The van der Waals surface area contributed by atoms with Gasteiger partial charge in [-0.25, -0.2) is 0 Å². The van der Waals surface area contributed by atoms with E-state index in [4.69, 9.17) is 0 Å². The summed E-state index contributed by atoms with van der Waals surface area (Å²) in [6, 6.07) is 4.44. The van der Waals surface area contributed by atoms with Crippen LogP contribution in [0.4, 0.5) is 0 Å². The Morgan fingerprint density at radius 3 is 2.21 bits per heavy atom. The summed E-state index contributed by atoms with van der Waals surface area (Å²) in [5.41, 5.74) is 4.51. The molecule has 162 valence electrons. The zero-order chi connectivity index (χ0) is 21.7. The lowest BCUT2D eigenvalue weighted by Gasteiger charge is -2.19. The van der Waals surface area contributed by atoms with Gasteiger partial charge < -0.3 is 10.2 Å². The van der Waals surface area contributed by atoms with E-state index in [1.54, 1.807) is 13.8 Å². The van der Waals surface area contributed by atoms with Gasteiger partial charge in [-0.1, -0.05) is 31.4 Å². The molecule has 29 heavy (non-hydrogen) atoms. The molecule has 2 N–H and O–H groups in total. The van der Waals surface area contributed by atoms with E-state index >= 15 is 0 Å². The van der Waals surface area contributed by atoms with E-state index in [2.05, 4.69) is 26.0 Å². The zero-order valence-electron chi connectivity index (χ0n) is 18.6. The van der Waals surface area contributed by atoms with E-state index < -0.39 is 22.8 Å². The monoisotopic (exact) mass is 402 g/mol. The average molecular weight is 403 g/mol. The molecule has 0 amide bonds. The van der Waals surface area contributed by atoms with Crippen LogP contribution in [0.3, 0.4) is 0 Å². The number of benzene rings is 1. The van der Waals surface area contributed by atoms with Crippen molar-refractivity contribution in [1.29, 1.82) is 0 Å². The molecule has 1 aliphatic carbocycles. The molecule has 4 nitrogen and oxygen atoms in total. The van der Waals surface area contributed by atoms with Crippen LogP contribution in [0.25, 0.3) is 0 Å². The van der Waals surface area contributed by atoms with E-state index in [0.717, 1.165) is 70.6 Å². The minimum atomic E-state index is -0.715. The van der Waals surface area contributed by atoms with E-state index in [1.807, 2.05) is 0 Å². The molecule has 0 bridgehead atoms. The molecule has 0 radical (unpaired) electrons. The lowest BCUT2D eigenvalue weighted by Crippen LogP contribution is -2.23. The fourth-order valence-electron chi connectivity index (χ4n) is 4.25. The average Bonchev–Trinajstić information content (AvgIpc) is 3.43. The second-order valence-electron chi connectivity index (χ2n) is 9.69. The molecule has 1 aromatic rings. The molecule has 1 aliphatic rings. The van der Waals surface area contributed by atoms with Gasteiger partial charge in [0.1, 0.15) is 0 Å². The lowest BCUT2D eigenvalue weighted by atomic mass is 9.86. The van der Waals surface area contributed by atoms with Crippen molar-refractivity contribution in [3.63, 3.8) is 0 Å². The Morgan fingerprint density at radius 2 is 1.62 bits per heavy atom. The molecule has 0 aliphatic heterocycles. The number of carbonyl (C=O) groups is 2. The number of carboxylic acid groups (broad SMARTS) is 2. The van der Waals surface area contributed by atoms with Gasteiger partial charge >= 0.3 is 11.9 Å². The molecule has 0 heterocycles. The minimum Gasteiger partial charge on any atom is -0.481 e. The van der Waals surface area contributed by atoms with Crippen LogP contribution in [0.5, 0.6) is 0 Å². The molecule has 0 saturated heterocycles. The maximum absolute atomic E-state index is 11.3. The summed E-state index contributed by atoms with van der Waals surface area (Å²) in [5, 5.41) is 18.5. The highest BCUT2D eigenvalue weighted by molar-refractivity contribution is 5.77. The molecule has 1 aromatic carbocycles. The molecular weight excluding hydrogens is 364 g/mol. The SMILES string of the molecule is Cc1ccc(CCCCC2(C(=O)O)CC2)c(C)c1CCCCCC(C)(C)C(=O)O. The largest absolute Gasteiger partial charge is 0.481 e. The summed E-state index contributed by atoms with van der Waals surface area (Å²) in [6.45, 7) is 7.98. The number of carboxylic acids is 2. The van der Waals surface area contributed by atoms with E-state index in [-0.39, 0.29) is 0 Å². The standard InChI is InChI=1S/C25H38O4/c1-18-12-13-20(10-7-9-15-25(16-17-25)23(28)29)19(2)21(18)11-6-5-8-14-24(3,4)22(26)27/h12-13H,5-11,14-17H2,1-4H3,(H,26,27)(H,28,29). The van der Waals surface area contributed by atoms with Gasteiger partial charge in [0.05, 0.1) is 10.8 Å². The third-order valence-corrected chi connectivity index (χ3v) is 6.91. The van der Waals surface area contributed by atoms with Gasteiger partial charge in [0.2, 0.25) is 0 Å². The van der Waals surface area contributed by atoms with E-state index in [1.165, 1.54) is 22.3 Å². The van der Waals surface area contributed by atoms with Gasteiger partial charge in [0.25, 0.3) is 0 Å². The number of rotatable bonds is 13. The van der Waals surface area contributed by atoms with Crippen LogP contribution in [0.2, 0.25) is 0 Å². The lowest BCUT2D eigenvalue weighted by molar-refractivity contribution is -0.147. The first kappa shape index (κ1) is 23.4. The van der Waals surface area contributed by atoms with E-state index in [9.17, 15) is 19.8 Å². The number of aliphatic carboxylic acids is 2. The smallest absolute Gasteiger partial charge is 0.309 e. The van der Waals surface area contributed by atoms with Crippen molar-refractivity contribution in [2.24, 2.45) is 10.8 Å². The normalized spacial score (nSPS) is 15.3. The Kier molecular flexibility index (Phi) is 7.90. The topological polar surface area (TPSA) is 74.6 Å². The third kappa shape index (κ3) is 6.32. The van der Waals surface area contributed by atoms with Gasteiger partial charge in [0.15, 0.2) is 0 Å². The molecule has 0 atom stereocenters. The highest BCUT2D eigenvalue weighted by Crippen LogP contribution is 2.50. The Labute approximate surface area is 175 Å². The number of hydrogen-bond donors (Lipinski definition) is 2. The number of aryl methyl sites for hydroxylation is 2. The van der Waals surface area contributed by atoms with E-state index in [0.29, 0.717) is 0 Å². The fourth-order valence-corrected chi connectivity index (χ4v) is 4.25. The quantitative estimate of drug-likeness (QED) is 0.391. The third-order valence-electron chi connectivity index (χ3n) is 6.91. The van der Waals surface area contributed by atoms with Gasteiger partial charge in [0, 0.05) is 0 Å². The molecule has 4 heteroatoms. The summed E-state index contributed by atoms with van der Waals surface area (Å²) >= 11 is 0. The van der Waals surface area contributed by atoms with Crippen LogP contribution in [0.1, 0.15) is 93.9 Å². The van der Waals surface area contributed by atoms with Crippen LogP contribution in [-0.4, -0.2) is 22.2 Å². The molecule has 0 unspecified atom stereocenters. The van der Waals surface area contributed by atoms with Crippen molar-refractivity contribution < 1.29 is 19.8 Å². The summed E-state index contributed by atoms with van der Waals surface area (Å²) in [7, 11) is 0. The van der Waals surface area contributed by atoms with Gasteiger partial charge in [-0.05, 0) is 101 Å². The zero-order valence-corrected chi connectivity index (χ0v) is 18.6.